The van der Waals surface area contributed by atoms with Gasteiger partial charge in [0.1, 0.15) is 41.4 Å². The van der Waals surface area contributed by atoms with Crippen LogP contribution in [0.15, 0.2) is 54.6 Å². The standard InChI is InChI=1S/C25H29F2NO5S/c1-24(2,3)33-23(30)28-15-25(27,16-34-17-32-20-11-9-19(26)10-12-20)13-21(28)22(29)31-14-18-7-5-4-6-8-18/h4-12,21H,13-17H2,1-3H3/t21-,25+/m0/s1. The smallest absolute Gasteiger partial charge is 0.411 e. The van der Waals surface area contributed by atoms with Gasteiger partial charge in [-0.25, -0.2) is 18.4 Å². The summed E-state index contributed by atoms with van der Waals surface area (Å²) in [5.74, 6) is -0.461. The molecule has 2 aromatic carbocycles. The molecule has 0 bridgehead atoms. The molecule has 2 atom stereocenters. The Kier molecular flexibility index (Phi) is 8.41. The van der Waals surface area contributed by atoms with Crippen LogP contribution in [0.5, 0.6) is 5.75 Å². The number of benzene rings is 2. The Morgan fingerprint density at radius 3 is 2.44 bits per heavy atom. The van der Waals surface area contributed by atoms with Gasteiger partial charge < -0.3 is 14.2 Å². The number of hydrogen-bond donors (Lipinski definition) is 0. The number of thioether (sulfide) groups is 1. The summed E-state index contributed by atoms with van der Waals surface area (Å²) in [6.07, 6.45) is -0.968. The van der Waals surface area contributed by atoms with Crippen LogP contribution >= 0.6 is 11.8 Å². The molecule has 1 amide bonds. The molecule has 184 valence electrons. The topological polar surface area (TPSA) is 65.1 Å². The van der Waals surface area contributed by atoms with Crippen molar-refractivity contribution >= 4 is 23.8 Å². The predicted octanol–water partition coefficient (Wildman–Crippen LogP) is 5.36. The average molecular weight is 494 g/mol. The second kappa shape index (κ2) is 11.1. The van der Waals surface area contributed by atoms with Crippen LogP contribution in [-0.2, 0) is 20.9 Å². The minimum atomic E-state index is -1.83. The summed E-state index contributed by atoms with van der Waals surface area (Å²) >= 11 is 1.18. The van der Waals surface area contributed by atoms with Gasteiger partial charge in [0.15, 0.2) is 0 Å². The summed E-state index contributed by atoms with van der Waals surface area (Å²) < 4.78 is 45.0. The highest BCUT2D eigenvalue weighted by Crippen LogP contribution is 2.35. The summed E-state index contributed by atoms with van der Waals surface area (Å²) in [7, 11) is 0. The highest BCUT2D eigenvalue weighted by atomic mass is 32.2. The molecule has 1 saturated heterocycles. The lowest BCUT2D eigenvalue weighted by Gasteiger charge is -2.27. The van der Waals surface area contributed by atoms with E-state index < -0.39 is 29.4 Å². The van der Waals surface area contributed by atoms with Gasteiger partial charge in [0.25, 0.3) is 0 Å². The lowest BCUT2D eigenvalue weighted by atomic mass is 10.1. The number of ether oxygens (including phenoxy) is 3. The van der Waals surface area contributed by atoms with E-state index in [0.29, 0.717) is 5.75 Å². The SMILES string of the molecule is CC(C)(C)OC(=O)N1C[C@@](F)(CSCOc2ccc(F)cc2)C[C@H]1C(=O)OCc1ccccc1. The van der Waals surface area contributed by atoms with Gasteiger partial charge in [0.2, 0.25) is 0 Å². The number of amides is 1. The maximum atomic E-state index is 15.7. The molecule has 1 aliphatic rings. The molecule has 0 unspecified atom stereocenters. The number of carbonyl (C=O) groups is 2. The van der Waals surface area contributed by atoms with E-state index in [9.17, 15) is 14.0 Å². The highest BCUT2D eigenvalue weighted by Gasteiger charge is 2.51. The van der Waals surface area contributed by atoms with Crippen molar-refractivity contribution in [1.82, 2.24) is 4.90 Å². The lowest BCUT2D eigenvalue weighted by Crippen LogP contribution is -2.44. The van der Waals surface area contributed by atoms with Crippen molar-refractivity contribution < 1.29 is 32.6 Å². The summed E-state index contributed by atoms with van der Waals surface area (Å²) in [6.45, 7) is 4.84. The van der Waals surface area contributed by atoms with Gasteiger partial charge in [-0.3, -0.25) is 4.90 Å². The third-order valence-corrected chi connectivity index (χ3v) is 6.00. The zero-order chi connectivity index (χ0) is 24.8. The monoisotopic (exact) mass is 493 g/mol. The van der Waals surface area contributed by atoms with Crippen molar-refractivity contribution in [1.29, 1.82) is 0 Å². The van der Waals surface area contributed by atoms with E-state index in [0.717, 1.165) is 10.5 Å². The van der Waals surface area contributed by atoms with E-state index in [4.69, 9.17) is 14.2 Å². The van der Waals surface area contributed by atoms with Crippen molar-refractivity contribution in [2.75, 3.05) is 18.2 Å². The van der Waals surface area contributed by atoms with Crippen molar-refractivity contribution in [3.05, 3.63) is 66.0 Å². The first-order chi connectivity index (χ1) is 16.0. The Morgan fingerprint density at radius 2 is 1.79 bits per heavy atom. The van der Waals surface area contributed by atoms with Gasteiger partial charge >= 0.3 is 12.1 Å². The quantitative estimate of drug-likeness (QED) is 0.280. The largest absolute Gasteiger partial charge is 0.483 e. The molecule has 0 aliphatic carbocycles. The lowest BCUT2D eigenvalue weighted by molar-refractivity contribution is -0.150. The van der Waals surface area contributed by atoms with E-state index in [1.807, 2.05) is 30.3 Å². The van der Waals surface area contributed by atoms with E-state index >= 15 is 4.39 Å². The molecular formula is C25H29F2NO5S. The van der Waals surface area contributed by atoms with E-state index in [1.54, 1.807) is 20.8 Å². The molecule has 1 aliphatic heterocycles. The Balaban J connectivity index is 1.61. The number of carbonyl (C=O) groups excluding carboxylic acids is 2. The second-order valence-corrected chi connectivity index (χ2v) is 10.1. The van der Waals surface area contributed by atoms with Crippen LogP contribution in [0.2, 0.25) is 0 Å². The maximum absolute atomic E-state index is 15.7. The van der Waals surface area contributed by atoms with Gasteiger partial charge in [-0.1, -0.05) is 30.3 Å². The minimum Gasteiger partial charge on any atom is -0.483 e. The first-order valence-corrected chi connectivity index (χ1v) is 12.1. The second-order valence-electron chi connectivity index (χ2n) is 9.14. The van der Waals surface area contributed by atoms with Crippen molar-refractivity contribution in [3.8, 4) is 5.75 Å². The van der Waals surface area contributed by atoms with Gasteiger partial charge in [0.05, 0.1) is 6.54 Å². The van der Waals surface area contributed by atoms with Gasteiger partial charge in [-0.05, 0) is 50.6 Å². The number of alkyl halides is 1. The van der Waals surface area contributed by atoms with Gasteiger partial charge in [-0.2, -0.15) is 0 Å². The molecule has 1 fully saturated rings. The van der Waals surface area contributed by atoms with Crippen LogP contribution in [0, 0.1) is 5.82 Å². The van der Waals surface area contributed by atoms with Crippen molar-refractivity contribution in [2.24, 2.45) is 0 Å². The van der Waals surface area contributed by atoms with Crippen molar-refractivity contribution in [3.63, 3.8) is 0 Å². The number of likely N-dealkylation sites (tertiary alicyclic amines) is 1. The molecule has 0 N–H and O–H groups in total. The number of esters is 1. The Morgan fingerprint density at radius 1 is 1.12 bits per heavy atom. The number of nitrogens with zero attached hydrogens (tertiary/aromatic N) is 1. The molecule has 6 nitrogen and oxygen atoms in total. The average Bonchev–Trinajstić information content (AvgIpc) is 3.14. The third-order valence-electron chi connectivity index (χ3n) is 5.00. The van der Waals surface area contributed by atoms with Crippen LogP contribution in [0.1, 0.15) is 32.8 Å². The molecular weight excluding hydrogens is 464 g/mol. The van der Waals surface area contributed by atoms with Crippen molar-refractivity contribution in [2.45, 2.75) is 51.1 Å². The Bertz CT molecular complexity index is 968. The first kappa shape index (κ1) is 25.8. The molecule has 0 saturated carbocycles. The first-order valence-electron chi connectivity index (χ1n) is 10.9. The summed E-state index contributed by atoms with van der Waals surface area (Å²) in [4.78, 5) is 26.7. The fourth-order valence-corrected chi connectivity index (χ4v) is 4.33. The number of hydrogen-bond acceptors (Lipinski definition) is 6. The summed E-state index contributed by atoms with van der Waals surface area (Å²) in [5.41, 5.74) is -1.84. The van der Waals surface area contributed by atoms with E-state index in [1.165, 1.54) is 36.0 Å². The number of rotatable bonds is 8. The fourth-order valence-electron chi connectivity index (χ4n) is 3.45. The zero-order valence-corrected chi connectivity index (χ0v) is 20.3. The summed E-state index contributed by atoms with van der Waals surface area (Å²) in [6, 6.07) is 13.5. The van der Waals surface area contributed by atoms with Crippen LogP contribution in [0.25, 0.3) is 0 Å². The molecule has 0 spiro atoms. The van der Waals surface area contributed by atoms with Crippen LogP contribution in [-0.4, -0.2) is 52.5 Å². The van der Waals surface area contributed by atoms with Crippen LogP contribution < -0.4 is 4.74 Å². The van der Waals surface area contributed by atoms with Crippen LogP contribution in [0.4, 0.5) is 13.6 Å². The Labute approximate surface area is 202 Å². The maximum Gasteiger partial charge on any atom is 0.411 e. The number of halogens is 2. The zero-order valence-electron chi connectivity index (χ0n) is 19.5. The molecule has 3 rings (SSSR count). The molecule has 0 radical (unpaired) electrons. The molecule has 1 heterocycles. The minimum absolute atomic E-state index is 0.00401. The van der Waals surface area contributed by atoms with Crippen LogP contribution in [0.3, 0.4) is 0 Å². The molecule has 0 aromatic heterocycles. The summed E-state index contributed by atoms with van der Waals surface area (Å²) in [5, 5.41) is 0. The van der Waals surface area contributed by atoms with Gasteiger partial charge in [0, 0.05) is 12.2 Å². The Hall–Kier alpha value is -2.81. The van der Waals surface area contributed by atoms with Gasteiger partial charge in [-0.15, -0.1) is 11.8 Å². The highest BCUT2D eigenvalue weighted by molar-refractivity contribution is 7.99. The van der Waals surface area contributed by atoms with E-state index in [2.05, 4.69) is 0 Å². The molecule has 34 heavy (non-hydrogen) atoms. The normalized spacial score (nSPS) is 20.1. The molecule has 2 aromatic rings. The fraction of sp³-hybridized carbons (Fsp3) is 0.440. The van der Waals surface area contributed by atoms with E-state index in [-0.39, 0.29) is 37.1 Å². The third kappa shape index (κ3) is 7.62. The molecule has 9 heteroatoms. The predicted molar refractivity (Wildman–Crippen MR) is 126 cm³/mol.